The first-order valence-corrected chi connectivity index (χ1v) is 9.50. The van der Waals surface area contributed by atoms with Crippen LogP contribution >= 0.6 is 0 Å². The molecular formula is C22H28N2O. The maximum Gasteiger partial charge on any atom is 0.219 e. The molecule has 1 aromatic carbocycles. The number of aromatic nitrogens is 1. The summed E-state index contributed by atoms with van der Waals surface area (Å²) in [4.78, 5) is 4.20. The molecule has 0 spiro atoms. The highest BCUT2D eigenvalue weighted by Crippen LogP contribution is 2.51. The van der Waals surface area contributed by atoms with Crippen LogP contribution in [0.1, 0.15) is 51.5 Å². The summed E-state index contributed by atoms with van der Waals surface area (Å²) in [6.45, 7) is 4.89. The molecule has 4 rings (SSSR count). The Morgan fingerprint density at radius 3 is 2.28 bits per heavy atom. The number of nitrogen functional groups attached to an aromatic ring is 1. The molecule has 2 unspecified atom stereocenters. The molecule has 0 saturated heterocycles. The van der Waals surface area contributed by atoms with Crippen molar-refractivity contribution in [3.05, 3.63) is 48.2 Å². The molecule has 2 atom stereocenters. The second-order valence-electron chi connectivity index (χ2n) is 8.57. The fourth-order valence-electron chi connectivity index (χ4n) is 5.32. The summed E-state index contributed by atoms with van der Waals surface area (Å²) in [5.74, 6) is 4.13. The molecule has 2 saturated carbocycles. The van der Waals surface area contributed by atoms with E-state index in [1.165, 1.54) is 37.7 Å². The van der Waals surface area contributed by atoms with Crippen LogP contribution in [0.25, 0.3) is 0 Å². The van der Waals surface area contributed by atoms with Gasteiger partial charge in [0.05, 0.1) is 11.9 Å². The molecule has 2 fully saturated rings. The normalized spacial score (nSPS) is 31.5. The molecule has 0 aliphatic heterocycles. The third-order valence-electron chi connectivity index (χ3n) is 6.15. The Morgan fingerprint density at radius 1 is 1.00 bits per heavy atom. The van der Waals surface area contributed by atoms with Gasteiger partial charge in [-0.3, -0.25) is 0 Å². The first kappa shape index (κ1) is 16.4. The molecule has 3 heteroatoms. The largest absolute Gasteiger partial charge is 0.439 e. The van der Waals surface area contributed by atoms with E-state index in [1.807, 2.05) is 0 Å². The lowest BCUT2D eigenvalue weighted by Crippen LogP contribution is -2.38. The lowest BCUT2D eigenvalue weighted by Gasteiger charge is -2.47. The van der Waals surface area contributed by atoms with E-state index < -0.39 is 0 Å². The summed E-state index contributed by atoms with van der Waals surface area (Å²) in [5, 5.41) is 0. The van der Waals surface area contributed by atoms with Gasteiger partial charge in [0.15, 0.2) is 0 Å². The standard InChI is InChI=1S/C22H28N2O/c1-15-9-16-11-17(10-15)13-22(2,12-16)18-3-6-20(7-4-18)25-21-8-5-19(23)14-24-21/h3-8,14-17H,9-13,23H2,1-2H3. The fourth-order valence-corrected chi connectivity index (χ4v) is 5.32. The maximum atomic E-state index is 5.83. The molecule has 1 heterocycles. The van der Waals surface area contributed by atoms with Gasteiger partial charge in [-0.25, -0.2) is 4.98 Å². The van der Waals surface area contributed by atoms with Gasteiger partial charge in [0, 0.05) is 6.07 Å². The maximum absolute atomic E-state index is 5.83. The van der Waals surface area contributed by atoms with Crippen LogP contribution in [0.5, 0.6) is 11.6 Å². The molecule has 3 nitrogen and oxygen atoms in total. The number of benzene rings is 1. The van der Waals surface area contributed by atoms with Gasteiger partial charge in [0.2, 0.25) is 5.88 Å². The van der Waals surface area contributed by atoms with Crippen LogP contribution in [0.15, 0.2) is 42.6 Å². The van der Waals surface area contributed by atoms with Crippen molar-refractivity contribution in [2.45, 2.75) is 51.4 Å². The van der Waals surface area contributed by atoms with Gasteiger partial charge in [-0.15, -0.1) is 0 Å². The summed E-state index contributed by atoms with van der Waals surface area (Å²) in [7, 11) is 0. The molecule has 2 N–H and O–H groups in total. The van der Waals surface area contributed by atoms with E-state index >= 15 is 0 Å². The van der Waals surface area contributed by atoms with Crippen LogP contribution in [0.2, 0.25) is 0 Å². The predicted octanol–water partition coefficient (Wildman–Crippen LogP) is 5.56. The van der Waals surface area contributed by atoms with Crippen LogP contribution in [-0.4, -0.2) is 4.98 Å². The highest BCUT2D eigenvalue weighted by atomic mass is 16.5. The van der Waals surface area contributed by atoms with E-state index in [1.54, 1.807) is 18.3 Å². The number of hydrogen-bond donors (Lipinski definition) is 1. The summed E-state index contributed by atoms with van der Waals surface area (Å²) in [6, 6.07) is 12.2. The SMILES string of the molecule is CC1CC2CC(C1)CC(C)(c1ccc(Oc3ccc(N)cn3)cc1)C2. The van der Waals surface area contributed by atoms with Gasteiger partial charge in [-0.05, 0) is 79.0 Å². The van der Waals surface area contributed by atoms with E-state index in [4.69, 9.17) is 10.5 Å². The van der Waals surface area contributed by atoms with Gasteiger partial charge in [-0.2, -0.15) is 0 Å². The molecular weight excluding hydrogens is 308 g/mol. The monoisotopic (exact) mass is 336 g/mol. The molecule has 2 aliphatic rings. The number of fused-ring (bicyclic) bond motifs is 2. The van der Waals surface area contributed by atoms with Gasteiger partial charge in [0.1, 0.15) is 5.75 Å². The summed E-state index contributed by atoms with van der Waals surface area (Å²) in [6.07, 6.45) is 8.55. The minimum absolute atomic E-state index is 0.311. The first-order chi connectivity index (χ1) is 12.0. The van der Waals surface area contributed by atoms with Crippen LogP contribution in [0.4, 0.5) is 5.69 Å². The Labute approximate surface area is 150 Å². The zero-order valence-electron chi connectivity index (χ0n) is 15.2. The van der Waals surface area contributed by atoms with E-state index in [-0.39, 0.29) is 0 Å². The summed E-state index contributed by atoms with van der Waals surface area (Å²) < 4.78 is 5.83. The van der Waals surface area contributed by atoms with Gasteiger partial charge in [-0.1, -0.05) is 26.0 Å². The van der Waals surface area contributed by atoms with Crippen LogP contribution in [0, 0.1) is 17.8 Å². The Balaban J connectivity index is 1.49. The number of pyridine rings is 1. The molecule has 0 radical (unpaired) electrons. The van der Waals surface area contributed by atoms with Crippen molar-refractivity contribution in [2.75, 3.05) is 5.73 Å². The van der Waals surface area contributed by atoms with Crippen molar-refractivity contribution in [3.8, 4) is 11.6 Å². The molecule has 1 aromatic heterocycles. The number of rotatable bonds is 3. The highest BCUT2D eigenvalue weighted by molar-refractivity contribution is 5.38. The fraction of sp³-hybridized carbons (Fsp3) is 0.500. The molecule has 2 aliphatic carbocycles. The van der Waals surface area contributed by atoms with Crippen molar-refractivity contribution >= 4 is 5.69 Å². The Hall–Kier alpha value is -2.03. The van der Waals surface area contributed by atoms with Crippen molar-refractivity contribution in [1.82, 2.24) is 4.98 Å². The lowest BCUT2D eigenvalue weighted by molar-refractivity contribution is 0.0899. The van der Waals surface area contributed by atoms with Gasteiger partial charge in [0.25, 0.3) is 0 Å². The first-order valence-electron chi connectivity index (χ1n) is 9.50. The summed E-state index contributed by atoms with van der Waals surface area (Å²) in [5.41, 5.74) is 8.08. The molecule has 0 amide bonds. The molecule has 132 valence electrons. The highest BCUT2D eigenvalue weighted by Gasteiger charge is 2.41. The predicted molar refractivity (Wildman–Crippen MR) is 102 cm³/mol. The van der Waals surface area contributed by atoms with E-state index in [9.17, 15) is 0 Å². The van der Waals surface area contributed by atoms with Crippen LogP contribution in [0.3, 0.4) is 0 Å². The van der Waals surface area contributed by atoms with Crippen molar-refractivity contribution < 1.29 is 4.74 Å². The third-order valence-corrected chi connectivity index (χ3v) is 6.15. The summed E-state index contributed by atoms with van der Waals surface area (Å²) >= 11 is 0. The topological polar surface area (TPSA) is 48.1 Å². The number of ether oxygens (including phenoxy) is 1. The second-order valence-corrected chi connectivity index (χ2v) is 8.57. The Morgan fingerprint density at radius 2 is 1.68 bits per heavy atom. The minimum atomic E-state index is 0.311. The van der Waals surface area contributed by atoms with Gasteiger partial charge >= 0.3 is 0 Å². The van der Waals surface area contributed by atoms with Crippen molar-refractivity contribution in [1.29, 1.82) is 0 Å². The number of nitrogens with zero attached hydrogens (tertiary/aromatic N) is 1. The average Bonchev–Trinajstić information content (AvgIpc) is 2.56. The number of anilines is 1. The molecule has 2 aromatic rings. The zero-order valence-corrected chi connectivity index (χ0v) is 15.2. The molecule has 2 bridgehead atoms. The van der Waals surface area contributed by atoms with Crippen molar-refractivity contribution in [3.63, 3.8) is 0 Å². The Bertz CT molecular complexity index is 705. The van der Waals surface area contributed by atoms with Crippen LogP contribution < -0.4 is 10.5 Å². The quantitative estimate of drug-likeness (QED) is 0.798. The van der Waals surface area contributed by atoms with E-state index in [2.05, 4.69) is 43.1 Å². The third kappa shape index (κ3) is 3.51. The number of hydrogen-bond acceptors (Lipinski definition) is 3. The average molecular weight is 336 g/mol. The van der Waals surface area contributed by atoms with Crippen LogP contribution in [-0.2, 0) is 5.41 Å². The van der Waals surface area contributed by atoms with Crippen molar-refractivity contribution in [2.24, 2.45) is 17.8 Å². The zero-order chi connectivity index (χ0) is 17.4. The Kier molecular flexibility index (Phi) is 4.18. The molecule has 25 heavy (non-hydrogen) atoms. The smallest absolute Gasteiger partial charge is 0.219 e. The van der Waals surface area contributed by atoms with Gasteiger partial charge < -0.3 is 10.5 Å². The number of nitrogens with two attached hydrogens (primary N) is 1. The van der Waals surface area contributed by atoms with E-state index in [0.29, 0.717) is 17.0 Å². The van der Waals surface area contributed by atoms with E-state index in [0.717, 1.165) is 23.5 Å². The second kappa shape index (κ2) is 6.36. The lowest BCUT2D eigenvalue weighted by atomic mass is 9.58. The minimum Gasteiger partial charge on any atom is -0.439 e.